The van der Waals surface area contributed by atoms with E-state index in [4.69, 9.17) is 5.73 Å². The molecule has 2 aromatic rings. The summed E-state index contributed by atoms with van der Waals surface area (Å²) in [6, 6.07) is -1.05. The summed E-state index contributed by atoms with van der Waals surface area (Å²) in [4.78, 5) is 65.5. The molecule has 6 N–H and O–H groups in total. The van der Waals surface area contributed by atoms with Crippen molar-refractivity contribution in [1.82, 2.24) is 30.0 Å². The molecule has 1 fully saturated rings. The number of nitrogens with one attached hydrogen (secondary N) is 2. The molecule has 0 aliphatic carbocycles. The van der Waals surface area contributed by atoms with Crippen LogP contribution in [0.5, 0.6) is 0 Å². The predicted molar refractivity (Wildman–Crippen MR) is 125 cm³/mol. The van der Waals surface area contributed by atoms with Gasteiger partial charge >= 0.3 is 17.1 Å². The third-order valence-corrected chi connectivity index (χ3v) is 8.16. The van der Waals surface area contributed by atoms with Crippen LogP contribution in [0, 0.1) is 0 Å². The number of nitrogens with zero attached hydrogens (tertiary/aromatic N) is 5. The summed E-state index contributed by atoms with van der Waals surface area (Å²) in [5.74, 6) is -2.55. The molecule has 0 radical (unpaired) electrons. The summed E-state index contributed by atoms with van der Waals surface area (Å²) in [7, 11) is 1.36. The van der Waals surface area contributed by atoms with Crippen molar-refractivity contribution in [2.24, 2.45) is 12.2 Å². The van der Waals surface area contributed by atoms with Crippen LogP contribution in [0.15, 0.2) is 36.6 Å². The minimum atomic E-state index is -1.33. The standard InChI is InChI=1S/C17H16N8O7S3/c1-24-13(29)11(27)21-22-17(24)35-3-5-2-33-14-8(12(28)25(14)9(5)15(30)31)20-10(26)7(23-32)6-4-34-16(18)19-6/h4,8,14,32H,2-3H2,1H3,(H2,18,19)(H,20,26)(H,21,27)(H,30,31)/b23-7+. The fourth-order valence-corrected chi connectivity index (χ4v) is 6.31. The quantitative estimate of drug-likeness (QED) is 0.0656. The van der Waals surface area contributed by atoms with Gasteiger partial charge in [-0.3, -0.25) is 28.6 Å². The molecule has 4 heterocycles. The van der Waals surface area contributed by atoms with Crippen LogP contribution < -0.4 is 22.2 Å². The Bertz CT molecular complexity index is 1410. The number of oxime groups is 1. The number of amides is 2. The number of fused-ring (bicyclic) bond motifs is 1. The van der Waals surface area contributed by atoms with Crippen molar-refractivity contribution in [3.05, 3.63) is 43.1 Å². The van der Waals surface area contributed by atoms with Crippen molar-refractivity contribution in [3.63, 3.8) is 0 Å². The molecule has 0 saturated carbocycles. The summed E-state index contributed by atoms with van der Waals surface area (Å²) < 4.78 is 1.04. The van der Waals surface area contributed by atoms with Gasteiger partial charge in [-0.25, -0.2) is 14.9 Å². The van der Waals surface area contributed by atoms with Crippen LogP contribution in [0.3, 0.4) is 0 Å². The van der Waals surface area contributed by atoms with E-state index in [1.807, 2.05) is 0 Å². The van der Waals surface area contributed by atoms with E-state index in [1.54, 1.807) is 0 Å². The van der Waals surface area contributed by atoms with Crippen molar-refractivity contribution in [2.45, 2.75) is 16.6 Å². The highest BCUT2D eigenvalue weighted by molar-refractivity contribution is 8.01. The number of thioether (sulfide) groups is 2. The van der Waals surface area contributed by atoms with Gasteiger partial charge in [-0.05, 0) is 5.57 Å². The van der Waals surface area contributed by atoms with Crippen LogP contribution in [-0.2, 0) is 21.4 Å². The first-order valence-electron chi connectivity index (χ1n) is 9.56. The highest BCUT2D eigenvalue weighted by Gasteiger charge is 2.54. The number of carbonyl (C=O) groups excluding carboxylic acids is 2. The second kappa shape index (κ2) is 9.55. The number of aromatic amines is 1. The number of nitrogen functional groups attached to an aromatic ring is 1. The van der Waals surface area contributed by atoms with Gasteiger partial charge in [0, 0.05) is 23.9 Å². The smallest absolute Gasteiger partial charge is 0.352 e. The monoisotopic (exact) mass is 540 g/mol. The third-order valence-electron chi connectivity index (χ3n) is 5.03. The molecular weight excluding hydrogens is 524 g/mol. The highest BCUT2D eigenvalue weighted by Crippen LogP contribution is 2.41. The molecule has 0 bridgehead atoms. The van der Waals surface area contributed by atoms with Crippen LogP contribution in [0.2, 0.25) is 0 Å². The molecule has 2 aliphatic rings. The van der Waals surface area contributed by atoms with Gasteiger partial charge in [-0.1, -0.05) is 16.9 Å². The van der Waals surface area contributed by atoms with Crippen LogP contribution >= 0.6 is 34.9 Å². The number of rotatable bonds is 7. The van der Waals surface area contributed by atoms with Gasteiger partial charge in [0.25, 0.3) is 11.8 Å². The first-order valence-corrected chi connectivity index (χ1v) is 12.5. The van der Waals surface area contributed by atoms with Gasteiger partial charge in [0.05, 0.1) is 0 Å². The fourth-order valence-electron chi connectivity index (χ4n) is 3.35. The lowest BCUT2D eigenvalue weighted by atomic mass is 10.0. The van der Waals surface area contributed by atoms with Crippen molar-refractivity contribution in [2.75, 3.05) is 17.2 Å². The van der Waals surface area contributed by atoms with Gasteiger partial charge in [0.1, 0.15) is 22.8 Å². The van der Waals surface area contributed by atoms with E-state index in [0.717, 1.165) is 32.6 Å². The Morgan fingerprint density at radius 1 is 1.40 bits per heavy atom. The van der Waals surface area contributed by atoms with Crippen LogP contribution in [0.1, 0.15) is 5.69 Å². The first kappa shape index (κ1) is 24.5. The molecule has 0 aromatic carbocycles. The Balaban J connectivity index is 1.50. The Labute approximate surface area is 207 Å². The van der Waals surface area contributed by atoms with E-state index >= 15 is 0 Å². The lowest BCUT2D eigenvalue weighted by Crippen LogP contribution is -2.71. The highest BCUT2D eigenvalue weighted by atomic mass is 32.2. The molecule has 18 heteroatoms. The normalized spacial score (nSPS) is 19.9. The molecule has 2 amide bonds. The summed E-state index contributed by atoms with van der Waals surface area (Å²) in [5.41, 5.74) is 3.61. The predicted octanol–water partition coefficient (Wildman–Crippen LogP) is -1.78. The van der Waals surface area contributed by atoms with Crippen LogP contribution in [0.4, 0.5) is 5.13 Å². The minimum absolute atomic E-state index is 0.0307. The lowest BCUT2D eigenvalue weighted by Gasteiger charge is -2.49. The number of thiazole rings is 1. The summed E-state index contributed by atoms with van der Waals surface area (Å²) in [5, 5.41) is 31.3. The maximum atomic E-state index is 12.8. The molecule has 2 aliphatic heterocycles. The van der Waals surface area contributed by atoms with E-state index < -0.39 is 46.0 Å². The number of anilines is 1. The van der Waals surface area contributed by atoms with Gasteiger partial charge in [0.2, 0.25) is 0 Å². The molecular formula is C17H16N8O7S3. The van der Waals surface area contributed by atoms with E-state index in [0.29, 0.717) is 5.57 Å². The number of hydrogen-bond donors (Lipinski definition) is 5. The molecule has 184 valence electrons. The second-order valence-electron chi connectivity index (χ2n) is 7.13. The van der Waals surface area contributed by atoms with Crippen molar-refractivity contribution < 1.29 is 24.7 Å². The maximum absolute atomic E-state index is 12.8. The third kappa shape index (κ3) is 4.42. The number of β-lactam (4-membered cyclic amide) rings is 1. The summed E-state index contributed by atoms with van der Waals surface area (Å²) in [6.07, 6.45) is 0. The fraction of sp³-hybridized carbons (Fsp3) is 0.294. The van der Waals surface area contributed by atoms with Gasteiger partial charge in [-0.15, -0.1) is 28.2 Å². The van der Waals surface area contributed by atoms with Crippen molar-refractivity contribution >= 4 is 63.5 Å². The molecule has 4 rings (SSSR count). The molecule has 2 aromatic heterocycles. The zero-order chi connectivity index (χ0) is 25.4. The van der Waals surface area contributed by atoms with E-state index in [1.165, 1.54) is 24.2 Å². The molecule has 2 unspecified atom stereocenters. The van der Waals surface area contributed by atoms with Gasteiger partial charge < -0.3 is 21.4 Å². The van der Waals surface area contributed by atoms with E-state index in [9.17, 15) is 34.3 Å². The molecule has 2 atom stereocenters. The average molecular weight is 541 g/mol. The minimum Gasteiger partial charge on any atom is -0.477 e. The Kier molecular flexibility index (Phi) is 6.68. The second-order valence-corrected chi connectivity index (χ2v) is 10.1. The lowest BCUT2D eigenvalue weighted by molar-refractivity contribution is -0.150. The number of carbonyl (C=O) groups is 3. The SMILES string of the molecule is Cn1c(SCC2=C(C(=O)O)N3C(=O)C(NC(=O)/C(=N/O)c4csc(N)n4)C3SC2)n[nH]c(=O)c1=O. The Morgan fingerprint density at radius 2 is 2.14 bits per heavy atom. The number of aliphatic carboxylic acids is 1. The Hall–Kier alpha value is -3.64. The van der Waals surface area contributed by atoms with E-state index in [-0.39, 0.29) is 33.2 Å². The van der Waals surface area contributed by atoms with Gasteiger partial charge in [0.15, 0.2) is 16.0 Å². The molecule has 35 heavy (non-hydrogen) atoms. The summed E-state index contributed by atoms with van der Waals surface area (Å²) in [6.45, 7) is 0. The number of carboxylic acids is 1. The Morgan fingerprint density at radius 3 is 2.77 bits per heavy atom. The summed E-state index contributed by atoms with van der Waals surface area (Å²) >= 11 is 3.29. The van der Waals surface area contributed by atoms with Crippen molar-refractivity contribution in [1.29, 1.82) is 0 Å². The number of nitrogens with two attached hydrogens (primary N) is 1. The van der Waals surface area contributed by atoms with Crippen LogP contribution in [0.25, 0.3) is 0 Å². The van der Waals surface area contributed by atoms with Gasteiger partial charge in [-0.2, -0.15) is 0 Å². The number of hydrogen-bond acceptors (Lipinski definition) is 13. The zero-order valence-electron chi connectivity index (χ0n) is 17.6. The number of carboxylic acid groups (broad SMARTS) is 1. The average Bonchev–Trinajstić information content (AvgIpc) is 3.25. The first-order chi connectivity index (χ1) is 16.6. The number of H-pyrrole nitrogens is 1. The topological polar surface area (TPSA) is 226 Å². The molecule has 0 spiro atoms. The largest absolute Gasteiger partial charge is 0.477 e. The van der Waals surface area contributed by atoms with E-state index in [2.05, 4.69) is 25.7 Å². The molecule has 15 nitrogen and oxygen atoms in total. The maximum Gasteiger partial charge on any atom is 0.352 e. The number of aromatic nitrogens is 4. The van der Waals surface area contributed by atoms with Crippen LogP contribution in [-0.4, -0.2) is 81.4 Å². The molecule has 1 saturated heterocycles. The van der Waals surface area contributed by atoms with Crippen molar-refractivity contribution in [3.8, 4) is 0 Å². The zero-order valence-corrected chi connectivity index (χ0v) is 20.1.